The molecule has 0 spiro atoms. The number of oxazole rings is 1. The molecule has 0 N–H and O–H groups in total. The Kier molecular flexibility index (Phi) is 5.03. The van der Waals surface area contributed by atoms with E-state index in [4.69, 9.17) is 32.4 Å². The Labute approximate surface area is 170 Å². The minimum absolute atomic E-state index is 0.237. The van der Waals surface area contributed by atoms with Gasteiger partial charge in [-0.1, -0.05) is 23.2 Å². The number of methoxy groups -OCH3 is 1. The maximum absolute atomic E-state index is 13.2. The second-order valence-electron chi connectivity index (χ2n) is 5.95. The van der Waals surface area contributed by atoms with Crippen molar-refractivity contribution in [2.75, 3.05) is 7.11 Å². The lowest BCUT2D eigenvalue weighted by Crippen LogP contribution is -1.86. The number of nitrogens with zero attached hydrogens (tertiary/aromatic N) is 2. The Hall–Kier alpha value is -2.89. The lowest BCUT2D eigenvalue weighted by Gasteiger charge is -2.02. The Morgan fingerprint density at radius 2 is 1.89 bits per heavy atom. The number of ether oxygens (including phenoxy) is 1. The van der Waals surface area contributed by atoms with Crippen LogP contribution in [0.1, 0.15) is 5.56 Å². The van der Waals surface area contributed by atoms with E-state index in [1.165, 1.54) is 18.2 Å². The summed E-state index contributed by atoms with van der Waals surface area (Å²) in [5.74, 6) is 0.512. The van der Waals surface area contributed by atoms with Gasteiger partial charge in [0.1, 0.15) is 17.1 Å². The van der Waals surface area contributed by atoms with Gasteiger partial charge in [0.2, 0.25) is 5.89 Å². The van der Waals surface area contributed by atoms with Gasteiger partial charge < -0.3 is 9.15 Å². The summed E-state index contributed by atoms with van der Waals surface area (Å²) in [5.41, 5.74) is 3.27. The topological polar surface area (TPSA) is 47.6 Å². The van der Waals surface area contributed by atoms with Gasteiger partial charge in [-0.3, -0.25) is 4.99 Å². The van der Waals surface area contributed by atoms with E-state index in [1.807, 2.05) is 12.1 Å². The van der Waals surface area contributed by atoms with Crippen LogP contribution in [0.2, 0.25) is 10.0 Å². The number of fused-ring (bicyclic) bond motifs is 1. The van der Waals surface area contributed by atoms with E-state index in [0.29, 0.717) is 39.0 Å². The highest BCUT2D eigenvalue weighted by Crippen LogP contribution is 2.32. The molecular formula is C21H13Cl2FN2O2. The Bertz CT molecular complexity index is 1200. The predicted molar refractivity (Wildman–Crippen MR) is 110 cm³/mol. The molecule has 0 saturated heterocycles. The standard InChI is InChI=1S/C21H13Cl2FN2O2/c1-27-19-6-2-12(8-17(19)23)11-25-14-4-7-20-18(10-14)26-21(28-20)15-5-3-13(24)9-16(15)22/h2-11H,1H3. The Balaban J connectivity index is 1.64. The summed E-state index contributed by atoms with van der Waals surface area (Å²) in [6, 6.07) is 14.9. The van der Waals surface area contributed by atoms with Gasteiger partial charge in [0.25, 0.3) is 0 Å². The smallest absolute Gasteiger partial charge is 0.228 e. The first-order valence-corrected chi connectivity index (χ1v) is 9.03. The first kappa shape index (κ1) is 18.5. The summed E-state index contributed by atoms with van der Waals surface area (Å²) in [6.45, 7) is 0. The van der Waals surface area contributed by atoms with Gasteiger partial charge in [0, 0.05) is 6.21 Å². The lowest BCUT2D eigenvalue weighted by molar-refractivity contribution is 0.415. The maximum atomic E-state index is 13.2. The number of hydrogen-bond donors (Lipinski definition) is 0. The van der Waals surface area contributed by atoms with Gasteiger partial charge in [-0.05, 0) is 60.2 Å². The average molecular weight is 415 g/mol. The van der Waals surface area contributed by atoms with Crippen LogP contribution in [-0.2, 0) is 0 Å². The third kappa shape index (κ3) is 3.72. The molecule has 0 aliphatic carbocycles. The summed E-state index contributed by atoms with van der Waals surface area (Å²) in [5, 5.41) is 0.750. The largest absolute Gasteiger partial charge is 0.495 e. The number of hydrogen-bond acceptors (Lipinski definition) is 4. The molecule has 0 atom stereocenters. The zero-order valence-corrected chi connectivity index (χ0v) is 16.1. The van der Waals surface area contributed by atoms with Crippen molar-refractivity contribution in [3.05, 3.63) is 76.0 Å². The molecule has 0 unspecified atom stereocenters. The normalized spacial score (nSPS) is 11.4. The monoisotopic (exact) mass is 414 g/mol. The molecule has 1 aromatic heterocycles. The fraction of sp³-hybridized carbons (Fsp3) is 0.0476. The van der Waals surface area contributed by atoms with Gasteiger partial charge in [0.05, 0.1) is 28.4 Å². The fourth-order valence-corrected chi connectivity index (χ4v) is 3.20. The minimum atomic E-state index is -0.417. The molecule has 140 valence electrons. The van der Waals surface area contributed by atoms with Crippen LogP contribution < -0.4 is 4.74 Å². The van der Waals surface area contributed by atoms with Crippen molar-refractivity contribution in [3.63, 3.8) is 0 Å². The van der Waals surface area contributed by atoms with Gasteiger partial charge in [-0.15, -0.1) is 0 Å². The SMILES string of the molecule is COc1ccc(C=Nc2ccc3oc(-c4ccc(F)cc4Cl)nc3c2)cc1Cl. The molecule has 0 fully saturated rings. The van der Waals surface area contributed by atoms with Crippen LogP contribution in [0, 0.1) is 5.82 Å². The van der Waals surface area contributed by atoms with Crippen LogP contribution in [0.25, 0.3) is 22.6 Å². The van der Waals surface area contributed by atoms with Crippen molar-refractivity contribution in [3.8, 4) is 17.2 Å². The molecule has 3 aromatic carbocycles. The van der Waals surface area contributed by atoms with Gasteiger partial charge in [-0.2, -0.15) is 0 Å². The molecule has 0 amide bonds. The van der Waals surface area contributed by atoms with Crippen LogP contribution in [0.15, 0.2) is 64.0 Å². The van der Waals surface area contributed by atoms with Crippen molar-refractivity contribution in [1.29, 1.82) is 0 Å². The molecule has 7 heteroatoms. The van der Waals surface area contributed by atoms with Crippen LogP contribution >= 0.6 is 23.2 Å². The van der Waals surface area contributed by atoms with Crippen LogP contribution in [0.4, 0.5) is 10.1 Å². The van der Waals surface area contributed by atoms with Crippen molar-refractivity contribution in [1.82, 2.24) is 4.98 Å². The zero-order valence-electron chi connectivity index (χ0n) is 14.6. The second-order valence-corrected chi connectivity index (χ2v) is 6.76. The molecule has 4 rings (SSSR count). The van der Waals surface area contributed by atoms with Gasteiger partial charge in [-0.25, -0.2) is 9.37 Å². The Morgan fingerprint density at radius 1 is 1.04 bits per heavy atom. The van der Waals surface area contributed by atoms with Gasteiger partial charge in [0.15, 0.2) is 5.58 Å². The molecule has 4 nitrogen and oxygen atoms in total. The molecule has 0 radical (unpaired) electrons. The molecule has 4 aromatic rings. The summed E-state index contributed by atoms with van der Waals surface area (Å²) < 4.78 is 24.1. The summed E-state index contributed by atoms with van der Waals surface area (Å²) in [7, 11) is 1.56. The number of halogens is 3. The first-order valence-electron chi connectivity index (χ1n) is 8.27. The van der Waals surface area contributed by atoms with Crippen molar-refractivity contribution in [2.45, 2.75) is 0 Å². The third-order valence-corrected chi connectivity index (χ3v) is 4.68. The van der Waals surface area contributed by atoms with E-state index in [1.54, 1.807) is 37.6 Å². The number of rotatable bonds is 4. The molecule has 28 heavy (non-hydrogen) atoms. The van der Waals surface area contributed by atoms with Crippen molar-refractivity contribution in [2.24, 2.45) is 4.99 Å². The summed E-state index contributed by atoms with van der Waals surface area (Å²) in [6.07, 6.45) is 1.70. The molecule has 0 aliphatic rings. The number of aliphatic imine (C=N–C) groups is 1. The fourth-order valence-electron chi connectivity index (χ4n) is 2.69. The van der Waals surface area contributed by atoms with Gasteiger partial charge >= 0.3 is 0 Å². The summed E-state index contributed by atoms with van der Waals surface area (Å²) in [4.78, 5) is 8.89. The predicted octanol–water partition coefficient (Wildman–Crippen LogP) is 6.70. The van der Waals surface area contributed by atoms with E-state index in [9.17, 15) is 4.39 Å². The van der Waals surface area contributed by atoms with E-state index in [2.05, 4.69) is 9.98 Å². The molecular weight excluding hydrogens is 402 g/mol. The molecule has 0 aliphatic heterocycles. The van der Waals surface area contributed by atoms with E-state index < -0.39 is 5.82 Å². The lowest BCUT2D eigenvalue weighted by atomic mass is 10.2. The highest BCUT2D eigenvalue weighted by Gasteiger charge is 2.12. The second kappa shape index (κ2) is 7.62. The average Bonchev–Trinajstić information content (AvgIpc) is 3.09. The number of benzene rings is 3. The minimum Gasteiger partial charge on any atom is -0.495 e. The highest BCUT2D eigenvalue weighted by atomic mass is 35.5. The molecule has 0 saturated carbocycles. The van der Waals surface area contributed by atoms with E-state index >= 15 is 0 Å². The first-order chi connectivity index (χ1) is 13.5. The van der Waals surface area contributed by atoms with Crippen LogP contribution in [-0.4, -0.2) is 18.3 Å². The number of aromatic nitrogens is 1. The molecule has 1 heterocycles. The van der Waals surface area contributed by atoms with Crippen molar-refractivity contribution < 1.29 is 13.5 Å². The highest BCUT2D eigenvalue weighted by molar-refractivity contribution is 6.33. The van der Waals surface area contributed by atoms with Crippen molar-refractivity contribution >= 4 is 46.2 Å². The molecule has 0 bridgehead atoms. The zero-order chi connectivity index (χ0) is 19.7. The van der Waals surface area contributed by atoms with E-state index in [0.717, 1.165) is 5.56 Å². The maximum Gasteiger partial charge on any atom is 0.228 e. The van der Waals surface area contributed by atoms with Crippen LogP contribution in [0.3, 0.4) is 0 Å². The third-order valence-electron chi connectivity index (χ3n) is 4.07. The quantitative estimate of drug-likeness (QED) is 0.349. The Morgan fingerprint density at radius 3 is 2.64 bits per heavy atom. The van der Waals surface area contributed by atoms with E-state index in [-0.39, 0.29) is 5.02 Å². The van der Waals surface area contributed by atoms with Crippen LogP contribution in [0.5, 0.6) is 5.75 Å². The summed E-state index contributed by atoms with van der Waals surface area (Å²) >= 11 is 12.2.